The molecule has 5 heteroatoms. The number of nitrogens with zero attached hydrogens (tertiary/aromatic N) is 1. The molecule has 0 radical (unpaired) electrons. The molecule has 0 aromatic carbocycles. The predicted octanol–water partition coefficient (Wildman–Crippen LogP) is 2.65. The highest BCUT2D eigenvalue weighted by Crippen LogP contribution is 2.21. The SMILES string of the molecule is CCCc1nc(SCC)c(C(=O)OCC)[nH]1. The number of aromatic amines is 1. The zero-order valence-electron chi connectivity index (χ0n) is 10.0. The average Bonchev–Trinajstić information content (AvgIpc) is 2.63. The number of hydrogen-bond acceptors (Lipinski definition) is 4. The van der Waals surface area contributed by atoms with Gasteiger partial charge in [-0.25, -0.2) is 9.78 Å². The van der Waals surface area contributed by atoms with Crippen molar-refractivity contribution in [2.45, 2.75) is 38.6 Å². The number of aryl methyl sites for hydroxylation is 1. The van der Waals surface area contributed by atoms with E-state index in [2.05, 4.69) is 16.9 Å². The van der Waals surface area contributed by atoms with Gasteiger partial charge in [-0.1, -0.05) is 13.8 Å². The summed E-state index contributed by atoms with van der Waals surface area (Å²) in [5.41, 5.74) is 0.497. The Bertz CT molecular complexity index is 350. The number of carbonyl (C=O) groups is 1. The fraction of sp³-hybridized carbons (Fsp3) is 0.636. The van der Waals surface area contributed by atoms with E-state index in [9.17, 15) is 4.79 Å². The Morgan fingerprint density at radius 2 is 2.19 bits per heavy atom. The Labute approximate surface area is 100 Å². The van der Waals surface area contributed by atoms with Gasteiger partial charge in [0.2, 0.25) is 0 Å². The number of aromatic nitrogens is 2. The molecule has 90 valence electrons. The molecule has 0 amide bonds. The Hall–Kier alpha value is -0.970. The van der Waals surface area contributed by atoms with Gasteiger partial charge in [-0.3, -0.25) is 0 Å². The highest BCUT2D eigenvalue weighted by atomic mass is 32.2. The first kappa shape index (κ1) is 13.1. The zero-order valence-corrected chi connectivity index (χ0v) is 10.8. The fourth-order valence-corrected chi connectivity index (χ4v) is 2.07. The summed E-state index contributed by atoms with van der Waals surface area (Å²) in [5.74, 6) is 1.44. The molecule has 1 aromatic rings. The number of esters is 1. The molecular weight excluding hydrogens is 224 g/mol. The average molecular weight is 242 g/mol. The van der Waals surface area contributed by atoms with Crippen LogP contribution in [0.3, 0.4) is 0 Å². The predicted molar refractivity (Wildman–Crippen MR) is 64.9 cm³/mol. The standard InChI is InChI=1S/C11H18N2O2S/c1-4-7-8-12-9(11(14)15-5-2)10(13-8)16-6-3/h4-7H2,1-3H3,(H,12,13). The topological polar surface area (TPSA) is 55.0 Å². The van der Waals surface area contributed by atoms with E-state index in [-0.39, 0.29) is 5.97 Å². The lowest BCUT2D eigenvalue weighted by molar-refractivity contribution is 0.0515. The van der Waals surface area contributed by atoms with Crippen LogP contribution < -0.4 is 0 Å². The number of hydrogen-bond donors (Lipinski definition) is 1. The quantitative estimate of drug-likeness (QED) is 0.615. The number of H-pyrrole nitrogens is 1. The molecule has 0 aliphatic heterocycles. The lowest BCUT2D eigenvalue weighted by Gasteiger charge is -2.00. The number of thioether (sulfide) groups is 1. The Balaban J connectivity index is 2.90. The van der Waals surface area contributed by atoms with Gasteiger partial charge in [0, 0.05) is 6.42 Å². The molecule has 0 saturated carbocycles. The molecule has 1 heterocycles. The van der Waals surface area contributed by atoms with Crippen molar-refractivity contribution in [1.82, 2.24) is 9.97 Å². The molecule has 0 aliphatic carbocycles. The van der Waals surface area contributed by atoms with E-state index in [4.69, 9.17) is 4.74 Å². The zero-order chi connectivity index (χ0) is 12.0. The van der Waals surface area contributed by atoms with Crippen LogP contribution in [0.2, 0.25) is 0 Å². The van der Waals surface area contributed by atoms with Crippen molar-refractivity contribution in [3.05, 3.63) is 11.5 Å². The maximum Gasteiger partial charge on any atom is 0.357 e. The van der Waals surface area contributed by atoms with E-state index in [0.29, 0.717) is 12.3 Å². The van der Waals surface area contributed by atoms with Gasteiger partial charge in [0.25, 0.3) is 0 Å². The van der Waals surface area contributed by atoms with Gasteiger partial charge in [0.05, 0.1) is 6.61 Å². The van der Waals surface area contributed by atoms with Crippen LogP contribution in [0.1, 0.15) is 43.5 Å². The van der Waals surface area contributed by atoms with Gasteiger partial charge in [-0.15, -0.1) is 11.8 Å². The van der Waals surface area contributed by atoms with E-state index in [0.717, 1.165) is 29.4 Å². The number of ether oxygens (including phenoxy) is 1. The molecule has 16 heavy (non-hydrogen) atoms. The largest absolute Gasteiger partial charge is 0.461 e. The number of nitrogens with one attached hydrogen (secondary N) is 1. The van der Waals surface area contributed by atoms with Crippen molar-refractivity contribution in [1.29, 1.82) is 0 Å². The summed E-state index contributed by atoms with van der Waals surface area (Å²) in [6.07, 6.45) is 1.86. The van der Waals surface area contributed by atoms with Crippen molar-refractivity contribution in [3.8, 4) is 0 Å². The van der Waals surface area contributed by atoms with E-state index in [1.807, 2.05) is 6.92 Å². The minimum Gasteiger partial charge on any atom is -0.461 e. The smallest absolute Gasteiger partial charge is 0.357 e. The highest BCUT2D eigenvalue weighted by molar-refractivity contribution is 7.99. The molecule has 0 spiro atoms. The molecule has 0 bridgehead atoms. The molecule has 0 unspecified atom stereocenters. The second-order valence-electron chi connectivity index (χ2n) is 3.27. The van der Waals surface area contributed by atoms with Crippen molar-refractivity contribution in [2.75, 3.05) is 12.4 Å². The number of rotatable bonds is 6. The Morgan fingerprint density at radius 3 is 2.75 bits per heavy atom. The second kappa shape index (κ2) is 6.58. The summed E-state index contributed by atoms with van der Waals surface area (Å²) in [4.78, 5) is 19.1. The van der Waals surface area contributed by atoms with Crippen molar-refractivity contribution >= 4 is 17.7 Å². The molecule has 0 saturated heterocycles. The molecule has 1 rings (SSSR count). The molecule has 1 N–H and O–H groups in total. The first-order chi connectivity index (χ1) is 7.72. The summed E-state index contributed by atoms with van der Waals surface area (Å²) < 4.78 is 4.98. The van der Waals surface area contributed by atoms with Crippen LogP contribution in [-0.4, -0.2) is 28.3 Å². The maximum atomic E-state index is 11.7. The molecule has 4 nitrogen and oxygen atoms in total. The first-order valence-electron chi connectivity index (χ1n) is 5.61. The summed E-state index contributed by atoms with van der Waals surface area (Å²) >= 11 is 1.56. The van der Waals surface area contributed by atoms with Crippen LogP contribution in [-0.2, 0) is 11.2 Å². The third kappa shape index (κ3) is 3.27. The fourth-order valence-electron chi connectivity index (χ4n) is 1.34. The minimum absolute atomic E-state index is 0.312. The first-order valence-corrected chi connectivity index (χ1v) is 6.60. The maximum absolute atomic E-state index is 11.7. The van der Waals surface area contributed by atoms with Crippen LogP contribution in [0.5, 0.6) is 0 Å². The van der Waals surface area contributed by atoms with Crippen LogP contribution in [0.25, 0.3) is 0 Å². The number of carbonyl (C=O) groups excluding carboxylic acids is 1. The second-order valence-corrected chi connectivity index (χ2v) is 4.52. The summed E-state index contributed by atoms with van der Waals surface area (Å²) in [5, 5.41) is 0.754. The lowest BCUT2D eigenvalue weighted by Crippen LogP contribution is -2.06. The lowest BCUT2D eigenvalue weighted by atomic mass is 10.3. The summed E-state index contributed by atoms with van der Waals surface area (Å²) in [7, 11) is 0. The Kier molecular flexibility index (Phi) is 5.38. The molecule has 1 aromatic heterocycles. The van der Waals surface area contributed by atoms with Gasteiger partial charge in [-0.05, 0) is 19.1 Å². The highest BCUT2D eigenvalue weighted by Gasteiger charge is 2.17. The van der Waals surface area contributed by atoms with Crippen molar-refractivity contribution in [2.24, 2.45) is 0 Å². The molecular formula is C11H18N2O2S. The van der Waals surface area contributed by atoms with E-state index in [1.165, 1.54) is 0 Å². The third-order valence-corrected chi connectivity index (χ3v) is 2.82. The van der Waals surface area contributed by atoms with Gasteiger partial charge >= 0.3 is 5.97 Å². The van der Waals surface area contributed by atoms with E-state index >= 15 is 0 Å². The van der Waals surface area contributed by atoms with Crippen LogP contribution in [0, 0.1) is 0 Å². The van der Waals surface area contributed by atoms with Crippen LogP contribution in [0.15, 0.2) is 5.03 Å². The molecule has 0 atom stereocenters. The van der Waals surface area contributed by atoms with Gasteiger partial charge in [0.15, 0.2) is 5.69 Å². The van der Waals surface area contributed by atoms with Gasteiger partial charge < -0.3 is 9.72 Å². The molecule has 0 fully saturated rings. The third-order valence-electron chi connectivity index (χ3n) is 1.97. The summed E-state index contributed by atoms with van der Waals surface area (Å²) in [6.45, 7) is 6.30. The van der Waals surface area contributed by atoms with Crippen molar-refractivity contribution in [3.63, 3.8) is 0 Å². The summed E-state index contributed by atoms with van der Waals surface area (Å²) in [6, 6.07) is 0. The monoisotopic (exact) mass is 242 g/mol. The Morgan fingerprint density at radius 1 is 1.44 bits per heavy atom. The van der Waals surface area contributed by atoms with Gasteiger partial charge in [0.1, 0.15) is 10.9 Å². The van der Waals surface area contributed by atoms with Crippen molar-refractivity contribution < 1.29 is 9.53 Å². The number of imidazole rings is 1. The van der Waals surface area contributed by atoms with Crippen LogP contribution >= 0.6 is 11.8 Å². The molecule has 0 aliphatic rings. The van der Waals surface area contributed by atoms with E-state index < -0.39 is 0 Å². The van der Waals surface area contributed by atoms with Gasteiger partial charge in [-0.2, -0.15) is 0 Å². The minimum atomic E-state index is -0.312. The van der Waals surface area contributed by atoms with Crippen LogP contribution in [0.4, 0.5) is 0 Å². The normalized spacial score (nSPS) is 10.4. The van der Waals surface area contributed by atoms with E-state index in [1.54, 1.807) is 18.7 Å².